The van der Waals surface area contributed by atoms with Crippen LogP contribution in [0.2, 0.25) is 0 Å². The second-order valence-electron chi connectivity index (χ2n) is 6.14. The number of hydrogen-bond donors (Lipinski definition) is 1. The summed E-state index contributed by atoms with van der Waals surface area (Å²) >= 11 is 0. The third-order valence-corrected chi connectivity index (χ3v) is 4.06. The lowest BCUT2D eigenvalue weighted by atomic mass is 9.76. The zero-order valence-corrected chi connectivity index (χ0v) is 11.2. The first-order valence-electron chi connectivity index (χ1n) is 6.88. The van der Waals surface area contributed by atoms with Crippen molar-refractivity contribution in [3.8, 4) is 0 Å². The Bertz CT molecular complexity index is 354. The van der Waals surface area contributed by atoms with E-state index in [-0.39, 0.29) is 6.04 Å². The lowest BCUT2D eigenvalue weighted by Crippen LogP contribution is -2.59. The summed E-state index contributed by atoms with van der Waals surface area (Å²) in [5.41, 5.74) is 5.03. The van der Waals surface area contributed by atoms with Crippen LogP contribution in [0.4, 0.5) is 13.2 Å². The van der Waals surface area contributed by atoms with Crippen LogP contribution in [0.3, 0.4) is 0 Å². The molecule has 2 atom stereocenters. The van der Waals surface area contributed by atoms with E-state index < -0.39 is 24.2 Å². The fraction of sp³-hybridized carbons (Fsp3) is 0.923. The Morgan fingerprint density at radius 1 is 1.37 bits per heavy atom. The van der Waals surface area contributed by atoms with Crippen LogP contribution in [0.1, 0.15) is 45.4 Å². The molecule has 0 spiro atoms. The van der Waals surface area contributed by atoms with Crippen molar-refractivity contribution >= 4 is 5.91 Å². The van der Waals surface area contributed by atoms with Crippen LogP contribution in [0.5, 0.6) is 0 Å². The van der Waals surface area contributed by atoms with Crippen molar-refractivity contribution in [1.82, 2.24) is 4.90 Å². The van der Waals surface area contributed by atoms with Gasteiger partial charge in [0.15, 0.2) is 0 Å². The van der Waals surface area contributed by atoms with Gasteiger partial charge in [-0.2, -0.15) is 13.2 Å². The number of nitrogens with zero attached hydrogens (tertiary/aromatic N) is 1. The highest BCUT2D eigenvalue weighted by atomic mass is 19.4. The van der Waals surface area contributed by atoms with Crippen LogP contribution in [0.25, 0.3) is 0 Å². The molecule has 19 heavy (non-hydrogen) atoms. The number of carbonyl (C=O) groups excluding carboxylic acids is 1. The molecule has 0 aliphatic heterocycles. The van der Waals surface area contributed by atoms with E-state index >= 15 is 0 Å². The van der Waals surface area contributed by atoms with Crippen molar-refractivity contribution < 1.29 is 18.0 Å². The van der Waals surface area contributed by atoms with E-state index in [1.54, 1.807) is 0 Å². The zero-order chi connectivity index (χ0) is 14.3. The Hall–Kier alpha value is -0.780. The highest BCUT2D eigenvalue weighted by Crippen LogP contribution is 2.36. The maximum atomic E-state index is 12.6. The third kappa shape index (κ3) is 3.61. The number of hydrogen-bond acceptors (Lipinski definition) is 2. The van der Waals surface area contributed by atoms with Crippen LogP contribution in [0.15, 0.2) is 0 Å². The molecule has 3 nitrogen and oxygen atoms in total. The maximum absolute atomic E-state index is 12.6. The Morgan fingerprint density at radius 3 is 2.47 bits per heavy atom. The van der Waals surface area contributed by atoms with Crippen molar-refractivity contribution in [2.75, 3.05) is 6.54 Å². The smallest absolute Gasteiger partial charge is 0.329 e. The molecule has 0 bridgehead atoms. The third-order valence-electron chi connectivity index (χ3n) is 4.06. The van der Waals surface area contributed by atoms with Gasteiger partial charge in [0, 0.05) is 6.04 Å². The molecular formula is C13H21F3N2O. The number of nitrogens with two attached hydrogens (primary N) is 1. The topological polar surface area (TPSA) is 46.3 Å². The number of amides is 1. The first-order valence-corrected chi connectivity index (χ1v) is 6.88. The first-order chi connectivity index (χ1) is 8.71. The average molecular weight is 278 g/mol. The molecule has 0 aromatic rings. The monoisotopic (exact) mass is 278 g/mol. The molecule has 110 valence electrons. The number of alkyl halides is 3. The van der Waals surface area contributed by atoms with Crippen LogP contribution < -0.4 is 5.73 Å². The van der Waals surface area contributed by atoms with E-state index in [2.05, 4.69) is 0 Å². The predicted molar refractivity (Wildman–Crippen MR) is 65.3 cm³/mol. The Kier molecular flexibility index (Phi) is 3.82. The van der Waals surface area contributed by atoms with Gasteiger partial charge in [0.1, 0.15) is 6.54 Å². The summed E-state index contributed by atoms with van der Waals surface area (Å²) in [7, 11) is 0. The summed E-state index contributed by atoms with van der Waals surface area (Å²) < 4.78 is 37.8. The number of carbonyl (C=O) groups is 1. The highest BCUT2D eigenvalue weighted by Gasteiger charge is 2.47. The molecule has 2 aliphatic rings. The van der Waals surface area contributed by atoms with Gasteiger partial charge in [-0.3, -0.25) is 4.79 Å². The second kappa shape index (κ2) is 4.96. The summed E-state index contributed by atoms with van der Waals surface area (Å²) in [6, 6.07) is -0.258. The van der Waals surface area contributed by atoms with E-state index in [0.29, 0.717) is 31.6 Å². The molecule has 2 unspecified atom stereocenters. The van der Waals surface area contributed by atoms with E-state index in [9.17, 15) is 18.0 Å². The fourth-order valence-corrected chi connectivity index (χ4v) is 3.02. The summed E-state index contributed by atoms with van der Waals surface area (Å²) in [4.78, 5) is 13.4. The molecule has 2 saturated carbocycles. The Balaban J connectivity index is 2.10. The molecular weight excluding hydrogens is 257 g/mol. The molecule has 1 amide bonds. The summed E-state index contributed by atoms with van der Waals surface area (Å²) in [5.74, 6) is -0.200. The lowest BCUT2D eigenvalue weighted by Gasteiger charge is -2.39. The van der Waals surface area contributed by atoms with Gasteiger partial charge in [-0.25, -0.2) is 0 Å². The Morgan fingerprint density at radius 2 is 2.00 bits per heavy atom. The number of rotatable bonds is 3. The van der Waals surface area contributed by atoms with Crippen LogP contribution in [-0.4, -0.2) is 35.1 Å². The average Bonchev–Trinajstić information content (AvgIpc) is 3.07. The van der Waals surface area contributed by atoms with Crippen molar-refractivity contribution in [1.29, 1.82) is 0 Å². The van der Waals surface area contributed by atoms with Crippen LogP contribution >= 0.6 is 0 Å². The van der Waals surface area contributed by atoms with Gasteiger partial charge in [-0.15, -0.1) is 0 Å². The van der Waals surface area contributed by atoms with E-state index in [1.807, 2.05) is 6.92 Å². The fourth-order valence-electron chi connectivity index (χ4n) is 3.02. The van der Waals surface area contributed by atoms with Gasteiger partial charge in [-0.1, -0.05) is 19.8 Å². The van der Waals surface area contributed by atoms with E-state index in [1.165, 1.54) is 0 Å². The predicted octanol–water partition coefficient (Wildman–Crippen LogP) is 2.45. The van der Waals surface area contributed by atoms with Gasteiger partial charge in [0.2, 0.25) is 5.91 Å². The SMILES string of the molecule is CC1CCCC(N)(C(=O)N(CC(F)(F)F)C2CC2)C1. The Labute approximate surface area is 111 Å². The molecule has 0 aromatic heterocycles. The number of halogens is 3. The molecule has 0 aromatic carbocycles. The lowest BCUT2D eigenvalue weighted by molar-refractivity contribution is -0.166. The minimum Gasteiger partial charge on any atom is -0.329 e. The highest BCUT2D eigenvalue weighted by molar-refractivity contribution is 5.86. The molecule has 0 saturated heterocycles. The standard InChI is InChI=1S/C13H21F3N2O/c1-9-3-2-6-12(17,7-9)11(19)18(10-4-5-10)8-13(14,15)16/h9-10H,2-8,17H2,1H3. The molecule has 0 radical (unpaired) electrons. The van der Waals surface area contributed by atoms with Gasteiger partial charge in [0.05, 0.1) is 5.54 Å². The second-order valence-corrected chi connectivity index (χ2v) is 6.14. The minimum absolute atomic E-state index is 0.258. The van der Waals surface area contributed by atoms with Crippen LogP contribution in [-0.2, 0) is 4.79 Å². The van der Waals surface area contributed by atoms with Gasteiger partial charge >= 0.3 is 6.18 Å². The van der Waals surface area contributed by atoms with Crippen molar-refractivity contribution in [2.24, 2.45) is 11.7 Å². The molecule has 0 heterocycles. The van der Waals surface area contributed by atoms with Gasteiger partial charge < -0.3 is 10.6 Å². The summed E-state index contributed by atoms with van der Waals surface area (Å²) in [6.07, 6.45) is -0.233. The van der Waals surface area contributed by atoms with Crippen molar-refractivity contribution in [3.05, 3.63) is 0 Å². The van der Waals surface area contributed by atoms with Crippen LogP contribution in [0, 0.1) is 5.92 Å². The summed E-state index contributed by atoms with van der Waals surface area (Å²) in [6.45, 7) is 0.836. The molecule has 2 aliphatic carbocycles. The van der Waals surface area contributed by atoms with Gasteiger partial charge in [0.25, 0.3) is 0 Å². The molecule has 2 fully saturated rings. The summed E-state index contributed by atoms with van der Waals surface area (Å²) in [5, 5.41) is 0. The molecule has 2 rings (SSSR count). The quantitative estimate of drug-likeness (QED) is 0.862. The van der Waals surface area contributed by atoms with Crippen molar-refractivity contribution in [2.45, 2.75) is 63.2 Å². The largest absolute Gasteiger partial charge is 0.406 e. The minimum atomic E-state index is -4.35. The van der Waals surface area contributed by atoms with Gasteiger partial charge in [-0.05, 0) is 31.6 Å². The van der Waals surface area contributed by atoms with E-state index in [0.717, 1.165) is 17.7 Å². The molecule has 2 N–H and O–H groups in total. The first kappa shape index (κ1) is 14.6. The van der Waals surface area contributed by atoms with Crippen molar-refractivity contribution in [3.63, 3.8) is 0 Å². The zero-order valence-electron chi connectivity index (χ0n) is 11.2. The molecule has 6 heteroatoms. The maximum Gasteiger partial charge on any atom is 0.406 e. The normalized spacial score (nSPS) is 32.2. The van der Waals surface area contributed by atoms with E-state index in [4.69, 9.17) is 5.73 Å².